The predicted octanol–water partition coefficient (Wildman–Crippen LogP) is 2.34. The summed E-state index contributed by atoms with van der Waals surface area (Å²) in [6.07, 6.45) is 6.84. The first-order valence-corrected chi connectivity index (χ1v) is 8.74. The highest BCUT2D eigenvalue weighted by atomic mass is 16.3. The van der Waals surface area contributed by atoms with E-state index in [4.69, 9.17) is 0 Å². The summed E-state index contributed by atoms with van der Waals surface area (Å²) in [6, 6.07) is 7.51. The summed E-state index contributed by atoms with van der Waals surface area (Å²) < 4.78 is 1.72. The van der Waals surface area contributed by atoms with Gasteiger partial charge >= 0.3 is 6.03 Å². The van der Waals surface area contributed by atoms with Crippen molar-refractivity contribution in [1.29, 1.82) is 0 Å². The molecule has 2 atom stereocenters. The molecule has 1 aliphatic carbocycles. The molecular formula is C18H25N5O2. The van der Waals surface area contributed by atoms with E-state index in [0.29, 0.717) is 13.1 Å². The van der Waals surface area contributed by atoms with Crippen LogP contribution in [0, 0.1) is 5.92 Å². The van der Waals surface area contributed by atoms with E-state index in [-0.39, 0.29) is 18.1 Å². The third-order valence-electron chi connectivity index (χ3n) is 4.78. The first-order chi connectivity index (χ1) is 12.1. The molecule has 1 fully saturated rings. The first kappa shape index (κ1) is 17.4. The van der Waals surface area contributed by atoms with Gasteiger partial charge in [-0.15, -0.1) is 0 Å². The smallest absolute Gasteiger partial charge is 0.321 e. The maximum absolute atomic E-state index is 12.5. The van der Waals surface area contributed by atoms with Crippen LogP contribution in [0.3, 0.4) is 0 Å². The molecule has 1 aromatic heterocycles. The van der Waals surface area contributed by atoms with Gasteiger partial charge in [0.25, 0.3) is 0 Å². The van der Waals surface area contributed by atoms with Crippen molar-refractivity contribution in [3.05, 3.63) is 42.5 Å². The molecule has 0 bridgehead atoms. The van der Waals surface area contributed by atoms with Crippen LogP contribution in [-0.4, -0.2) is 50.5 Å². The maximum atomic E-state index is 12.5. The molecule has 25 heavy (non-hydrogen) atoms. The van der Waals surface area contributed by atoms with E-state index in [9.17, 15) is 9.90 Å². The molecule has 1 heterocycles. The fourth-order valence-electron chi connectivity index (χ4n) is 3.32. The van der Waals surface area contributed by atoms with Crippen molar-refractivity contribution in [2.24, 2.45) is 5.92 Å². The van der Waals surface area contributed by atoms with Gasteiger partial charge < -0.3 is 15.3 Å². The van der Waals surface area contributed by atoms with E-state index >= 15 is 0 Å². The minimum absolute atomic E-state index is 0.162. The van der Waals surface area contributed by atoms with Gasteiger partial charge in [0.05, 0.1) is 12.6 Å². The molecule has 2 aromatic rings. The second-order valence-corrected chi connectivity index (χ2v) is 6.67. The van der Waals surface area contributed by atoms with Gasteiger partial charge in [0.15, 0.2) is 0 Å². The number of amides is 2. The number of benzene rings is 1. The second-order valence-electron chi connectivity index (χ2n) is 6.67. The molecule has 2 N–H and O–H groups in total. The van der Waals surface area contributed by atoms with E-state index in [1.54, 1.807) is 23.0 Å². The number of hydrogen-bond donors (Lipinski definition) is 2. The van der Waals surface area contributed by atoms with Crippen LogP contribution in [0.2, 0.25) is 0 Å². The third kappa shape index (κ3) is 4.57. The van der Waals surface area contributed by atoms with Crippen LogP contribution in [0.4, 0.5) is 10.5 Å². The highest BCUT2D eigenvalue weighted by Gasteiger charge is 2.25. The second kappa shape index (κ2) is 8.11. The standard InChI is InChI=1S/C18H25N5O2/c1-22(10-15-7-3-5-9-17(15)24)18(25)21-16-8-4-2-6-14(16)11-23-13-19-12-20-23/h2,4,6,8,12-13,15,17,24H,3,5,7,9-11H2,1H3,(H,21,25). The zero-order valence-electron chi connectivity index (χ0n) is 14.5. The highest BCUT2D eigenvalue weighted by Crippen LogP contribution is 2.25. The average molecular weight is 343 g/mol. The van der Waals surface area contributed by atoms with E-state index in [1.165, 1.54) is 6.33 Å². The number of anilines is 1. The molecule has 0 spiro atoms. The number of nitrogens with one attached hydrogen (secondary N) is 1. The van der Waals surface area contributed by atoms with Gasteiger partial charge in [-0.25, -0.2) is 14.5 Å². The molecule has 2 amide bonds. The molecule has 1 aliphatic rings. The van der Waals surface area contributed by atoms with Crippen LogP contribution in [-0.2, 0) is 6.54 Å². The molecule has 1 aromatic carbocycles. The molecule has 3 rings (SSSR count). The number of carbonyl (C=O) groups excluding carboxylic acids is 1. The van der Waals surface area contributed by atoms with Crippen LogP contribution in [0.5, 0.6) is 0 Å². The van der Waals surface area contributed by atoms with Crippen molar-refractivity contribution < 1.29 is 9.90 Å². The first-order valence-electron chi connectivity index (χ1n) is 8.74. The Morgan fingerprint density at radius 1 is 1.36 bits per heavy atom. The Bertz CT molecular complexity index is 689. The Balaban J connectivity index is 1.62. The van der Waals surface area contributed by atoms with Gasteiger partial charge in [-0.1, -0.05) is 31.0 Å². The Morgan fingerprint density at radius 3 is 2.92 bits per heavy atom. The Morgan fingerprint density at radius 2 is 2.16 bits per heavy atom. The predicted molar refractivity (Wildman–Crippen MR) is 95.2 cm³/mol. The van der Waals surface area contributed by atoms with Crippen molar-refractivity contribution in [2.75, 3.05) is 18.9 Å². The molecule has 0 aliphatic heterocycles. The number of carbonyl (C=O) groups is 1. The van der Waals surface area contributed by atoms with Crippen LogP contribution >= 0.6 is 0 Å². The van der Waals surface area contributed by atoms with Crippen molar-refractivity contribution in [3.8, 4) is 0 Å². The van der Waals surface area contributed by atoms with Crippen LogP contribution in [0.25, 0.3) is 0 Å². The Hall–Kier alpha value is -2.41. The van der Waals surface area contributed by atoms with Gasteiger partial charge in [0.1, 0.15) is 12.7 Å². The largest absolute Gasteiger partial charge is 0.393 e. The summed E-state index contributed by atoms with van der Waals surface area (Å²) in [4.78, 5) is 18.1. The van der Waals surface area contributed by atoms with E-state index < -0.39 is 0 Å². The minimum atomic E-state index is -0.302. The number of rotatable bonds is 5. The zero-order chi connectivity index (χ0) is 17.6. The molecular weight excluding hydrogens is 318 g/mol. The van der Waals surface area contributed by atoms with Crippen LogP contribution in [0.15, 0.2) is 36.9 Å². The number of aromatic nitrogens is 3. The highest BCUT2D eigenvalue weighted by molar-refractivity contribution is 5.90. The molecule has 7 nitrogen and oxygen atoms in total. The van der Waals surface area contributed by atoms with Crippen LogP contribution < -0.4 is 5.32 Å². The number of hydrogen-bond acceptors (Lipinski definition) is 4. The van der Waals surface area contributed by atoms with E-state index in [0.717, 1.165) is 36.9 Å². The fourth-order valence-corrected chi connectivity index (χ4v) is 3.32. The molecule has 134 valence electrons. The Kier molecular flexibility index (Phi) is 5.65. The summed E-state index contributed by atoms with van der Waals surface area (Å²) in [5.74, 6) is 0.162. The number of aliphatic hydroxyl groups excluding tert-OH is 1. The number of urea groups is 1. The topological polar surface area (TPSA) is 83.3 Å². The summed E-state index contributed by atoms with van der Waals surface area (Å²) >= 11 is 0. The zero-order valence-corrected chi connectivity index (χ0v) is 14.5. The number of para-hydroxylation sites is 1. The average Bonchev–Trinajstić information content (AvgIpc) is 3.11. The van der Waals surface area contributed by atoms with E-state index in [1.807, 2.05) is 24.3 Å². The lowest BCUT2D eigenvalue weighted by atomic mass is 9.86. The molecule has 2 unspecified atom stereocenters. The van der Waals surface area contributed by atoms with Gasteiger partial charge in [-0.3, -0.25) is 0 Å². The van der Waals surface area contributed by atoms with Crippen molar-refractivity contribution in [1.82, 2.24) is 19.7 Å². The van der Waals surface area contributed by atoms with Crippen LogP contribution in [0.1, 0.15) is 31.2 Å². The summed E-state index contributed by atoms with van der Waals surface area (Å²) in [5, 5.41) is 17.2. The van der Waals surface area contributed by atoms with Crippen molar-refractivity contribution >= 4 is 11.7 Å². The Labute approximate surface area is 147 Å². The summed E-state index contributed by atoms with van der Waals surface area (Å²) in [5.41, 5.74) is 1.73. The molecule has 0 saturated heterocycles. The minimum Gasteiger partial charge on any atom is -0.393 e. The normalized spacial score (nSPS) is 20.2. The lowest BCUT2D eigenvalue weighted by Crippen LogP contribution is -2.40. The number of nitrogens with zero attached hydrogens (tertiary/aromatic N) is 4. The molecule has 0 radical (unpaired) electrons. The maximum Gasteiger partial charge on any atom is 0.321 e. The quantitative estimate of drug-likeness (QED) is 0.873. The molecule has 1 saturated carbocycles. The van der Waals surface area contributed by atoms with Gasteiger partial charge in [0, 0.05) is 25.2 Å². The van der Waals surface area contributed by atoms with Gasteiger partial charge in [-0.2, -0.15) is 5.10 Å². The monoisotopic (exact) mass is 343 g/mol. The third-order valence-corrected chi connectivity index (χ3v) is 4.78. The van der Waals surface area contributed by atoms with E-state index in [2.05, 4.69) is 15.4 Å². The summed E-state index contributed by atoms with van der Waals surface area (Å²) in [6.45, 7) is 1.11. The van der Waals surface area contributed by atoms with Gasteiger partial charge in [-0.05, 0) is 24.5 Å². The fraction of sp³-hybridized carbons (Fsp3) is 0.500. The van der Waals surface area contributed by atoms with Crippen molar-refractivity contribution in [3.63, 3.8) is 0 Å². The van der Waals surface area contributed by atoms with Crippen molar-refractivity contribution in [2.45, 2.75) is 38.3 Å². The van der Waals surface area contributed by atoms with Gasteiger partial charge in [0.2, 0.25) is 0 Å². The molecule has 7 heteroatoms. The lowest BCUT2D eigenvalue weighted by molar-refractivity contribution is 0.0575. The summed E-state index contributed by atoms with van der Waals surface area (Å²) in [7, 11) is 1.77. The lowest BCUT2D eigenvalue weighted by Gasteiger charge is -2.31. The SMILES string of the molecule is CN(CC1CCCCC1O)C(=O)Nc1ccccc1Cn1cncn1. The number of aliphatic hydroxyl groups is 1.